The highest BCUT2D eigenvalue weighted by Crippen LogP contribution is 2.36. The van der Waals surface area contributed by atoms with Gasteiger partial charge in [0.15, 0.2) is 11.5 Å². The van der Waals surface area contributed by atoms with Gasteiger partial charge in [-0.1, -0.05) is 18.5 Å². The minimum absolute atomic E-state index is 0. The molecule has 1 atom stereocenters. The van der Waals surface area contributed by atoms with Gasteiger partial charge in [0.1, 0.15) is 0 Å². The molecule has 0 aromatic heterocycles. The Hall–Kier alpha value is -1.17. The lowest BCUT2D eigenvalue weighted by Gasteiger charge is -2.22. The number of nitrogens with one attached hydrogen (secondary N) is 2. The summed E-state index contributed by atoms with van der Waals surface area (Å²) in [6, 6.07) is 3.31. The van der Waals surface area contributed by atoms with Gasteiger partial charge in [-0.3, -0.25) is 4.79 Å². The van der Waals surface area contributed by atoms with E-state index < -0.39 is 0 Å². The van der Waals surface area contributed by atoms with E-state index in [9.17, 15) is 4.79 Å². The van der Waals surface area contributed by atoms with E-state index in [0.29, 0.717) is 41.2 Å². The molecular formula is C18H28Cl2N2O3. The quantitative estimate of drug-likeness (QED) is 0.710. The van der Waals surface area contributed by atoms with Gasteiger partial charge in [-0.25, -0.2) is 0 Å². The molecule has 2 N–H and O–H groups in total. The predicted octanol–water partition coefficient (Wildman–Crippen LogP) is 3.68. The molecule has 1 unspecified atom stereocenters. The zero-order chi connectivity index (χ0) is 17.4. The number of carbonyl (C=O) groups excluding carboxylic acids is 1. The monoisotopic (exact) mass is 390 g/mol. The predicted molar refractivity (Wildman–Crippen MR) is 104 cm³/mol. The van der Waals surface area contributed by atoms with Crippen LogP contribution >= 0.6 is 24.0 Å². The normalized spacial score (nSPS) is 16.7. The van der Waals surface area contributed by atoms with Gasteiger partial charge in [-0.2, -0.15) is 0 Å². The number of halogens is 2. The Morgan fingerprint density at radius 1 is 1.44 bits per heavy atom. The smallest absolute Gasteiger partial charge is 0.251 e. The van der Waals surface area contributed by atoms with Gasteiger partial charge in [0.2, 0.25) is 0 Å². The molecule has 7 heteroatoms. The standard InChI is InChI=1S/C18H27ClN2O3.ClH/c1-3-9-24-17-15(19)10-14(11-16(17)23-2)18(22)21-8-6-13-5-4-7-20-12-13;/h10-11,13,20H,3-9,12H2,1-2H3,(H,21,22);1H. The van der Waals surface area contributed by atoms with Crippen LogP contribution in [0.15, 0.2) is 12.1 Å². The Bertz CT molecular complexity index is 549. The summed E-state index contributed by atoms with van der Waals surface area (Å²) in [4.78, 5) is 12.4. The number of methoxy groups -OCH3 is 1. The Balaban J connectivity index is 0.00000312. The van der Waals surface area contributed by atoms with Crippen molar-refractivity contribution in [2.45, 2.75) is 32.6 Å². The molecule has 1 amide bonds. The molecule has 142 valence electrons. The molecular weight excluding hydrogens is 363 g/mol. The SMILES string of the molecule is CCCOc1c(Cl)cc(C(=O)NCCC2CCCNC2)cc1OC.Cl. The van der Waals surface area contributed by atoms with Crippen molar-refractivity contribution in [3.8, 4) is 11.5 Å². The highest BCUT2D eigenvalue weighted by molar-refractivity contribution is 6.32. The number of benzene rings is 1. The zero-order valence-corrected chi connectivity index (χ0v) is 16.5. The Kier molecular flexibility index (Phi) is 10.0. The highest BCUT2D eigenvalue weighted by Gasteiger charge is 2.17. The molecule has 1 aromatic carbocycles. The largest absolute Gasteiger partial charge is 0.493 e. The van der Waals surface area contributed by atoms with Crippen molar-refractivity contribution in [3.05, 3.63) is 22.7 Å². The minimum atomic E-state index is -0.138. The third kappa shape index (κ3) is 6.57. The summed E-state index contributed by atoms with van der Waals surface area (Å²) in [6.45, 7) is 5.38. The summed E-state index contributed by atoms with van der Waals surface area (Å²) in [6.07, 6.45) is 4.30. The second kappa shape index (κ2) is 11.4. The molecule has 1 aliphatic heterocycles. The van der Waals surface area contributed by atoms with Crippen molar-refractivity contribution < 1.29 is 14.3 Å². The van der Waals surface area contributed by atoms with Crippen molar-refractivity contribution in [2.24, 2.45) is 5.92 Å². The first kappa shape index (κ1) is 21.9. The molecule has 1 saturated heterocycles. The van der Waals surface area contributed by atoms with Crippen LogP contribution in [0.4, 0.5) is 0 Å². The van der Waals surface area contributed by atoms with Crippen LogP contribution in [0.1, 0.15) is 43.0 Å². The molecule has 0 aliphatic carbocycles. The third-order valence-corrected chi connectivity index (χ3v) is 4.46. The summed E-state index contributed by atoms with van der Waals surface area (Å²) in [5, 5.41) is 6.75. The van der Waals surface area contributed by atoms with Gasteiger partial charge in [-0.15, -0.1) is 12.4 Å². The van der Waals surface area contributed by atoms with Gasteiger partial charge in [0.05, 0.1) is 18.7 Å². The number of rotatable bonds is 8. The number of carbonyl (C=O) groups is 1. The van der Waals surface area contributed by atoms with Gasteiger partial charge in [0, 0.05) is 12.1 Å². The van der Waals surface area contributed by atoms with Crippen molar-refractivity contribution in [1.82, 2.24) is 10.6 Å². The average Bonchev–Trinajstić information content (AvgIpc) is 2.60. The molecule has 1 aliphatic rings. The minimum Gasteiger partial charge on any atom is -0.493 e. The van der Waals surface area contributed by atoms with Crippen molar-refractivity contribution in [1.29, 1.82) is 0 Å². The molecule has 0 spiro atoms. The second-order valence-corrected chi connectivity index (χ2v) is 6.50. The first-order valence-electron chi connectivity index (χ1n) is 8.65. The molecule has 1 heterocycles. The lowest BCUT2D eigenvalue weighted by molar-refractivity contribution is 0.0950. The second-order valence-electron chi connectivity index (χ2n) is 6.09. The van der Waals surface area contributed by atoms with Crippen LogP contribution in [0.25, 0.3) is 0 Å². The lowest BCUT2D eigenvalue weighted by Crippen LogP contribution is -2.33. The van der Waals surface area contributed by atoms with Crippen LogP contribution in [0.2, 0.25) is 5.02 Å². The average molecular weight is 391 g/mol. The lowest BCUT2D eigenvalue weighted by atomic mass is 9.96. The van der Waals surface area contributed by atoms with Crippen molar-refractivity contribution >= 4 is 29.9 Å². The molecule has 5 nitrogen and oxygen atoms in total. The van der Waals surface area contributed by atoms with E-state index in [0.717, 1.165) is 25.9 Å². The molecule has 1 fully saturated rings. The Labute approximate surface area is 161 Å². The summed E-state index contributed by atoms with van der Waals surface area (Å²) in [7, 11) is 1.54. The van der Waals surface area contributed by atoms with Crippen LogP contribution < -0.4 is 20.1 Å². The van der Waals surface area contributed by atoms with E-state index in [2.05, 4.69) is 10.6 Å². The van der Waals surface area contributed by atoms with Crippen LogP contribution in [0, 0.1) is 5.92 Å². The first-order valence-corrected chi connectivity index (χ1v) is 9.02. The maximum atomic E-state index is 12.4. The van der Waals surface area contributed by atoms with E-state index in [1.807, 2.05) is 6.92 Å². The summed E-state index contributed by atoms with van der Waals surface area (Å²) in [5.74, 6) is 1.48. The van der Waals surface area contributed by atoms with Gasteiger partial charge in [-0.05, 0) is 56.8 Å². The van der Waals surface area contributed by atoms with E-state index in [-0.39, 0.29) is 18.3 Å². The van der Waals surface area contributed by atoms with E-state index in [1.54, 1.807) is 19.2 Å². The van der Waals surface area contributed by atoms with Crippen LogP contribution in [-0.4, -0.2) is 39.3 Å². The molecule has 0 bridgehead atoms. The van der Waals surface area contributed by atoms with Crippen molar-refractivity contribution in [3.63, 3.8) is 0 Å². The first-order chi connectivity index (χ1) is 11.7. The molecule has 2 rings (SSSR count). The van der Waals surface area contributed by atoms with Crippen LogP contribution in [-0.2, 0) is 0 Å². The Morgan fingerprint density at radius 3 is 2.88 bits per heavy atom. The summed E-state index contributed by atoms with van der Waals surface area (Å²) < 4.78 is 10.9. The Morgan fingerprint density at radius 2 is 2.24 bits per heavy atom. The number of hydrogen-bond donors (Lipinski definition) is 2. The van der Waals surface area contributed by atoms with Crippen LogP contribution in [0.5, 0.6) is 11.5 Å². The van der Waals surface area contributed by atoms with Gasteiger partial charge >= 0.3 is 0 Å². The molecule has 0 radical (unpaired) electrons. The maximum absolute atomic E-state index is 12.4. The fourth-order valence-corrected chi connectivity index (χ4v) is 3.12. The maximum Gasteiger partial charge on any atom is 0.251 e. The van der Waals surface area contributed by atoms with E-state index in [1.165, 1.54) is 12.8 Å². The third-order valence-electron chi connectivity index (χ3n) is 4.18. The fraction of sp³-hybridized carbons (Fsp3) is 0.611. The fourth-order valence-electron chi connectivity index (χ4n) is 2.86. The molecule has 1 aromatic rings. The molecule has 25 heavy (non-hydrogen) atoms. The molecule has 0 saturated carbocycles. The van der Waals surface area contributed by atoms with Crippen LogP contribution in [0.3, 0.4) is 0 Å². The number of ether oxygens (including phenoxy) is 2. The van der Waals surface area contributed by atoms with E-state index >= 15 is 0 Å². The summed E-state index contributed by atoms with van der Waals surface area (Å²) >= 11 is 6.26. The highest BCUT2D eigenvalue weighted by atomic mass is 35.5. The summed E-state index contributed by atoms with van der Waals surface area (Å²) in [5.41, 5.74) is 0.488. The topological polar surface area (TPSA) is 59.6 Å². The van der Waals surface area contributed by atoms with Crippen molar-refractivity contribution in [2.75, 3.05) is 33.4 Å². The zero-order valence-electron chi connectivity index (χ0n) is 14.9. The van der Waals surface area contributed by atoms with Gasteiger partial charge < -0.3 is 20.1 Å². The van der Waals surface area contributed by atoms with Gasteiger partial charge in [0.25, 0.3) is 5.91 Å². The van der Waals surface area contributed by atoms with E-state index in [4.69, 9.17) is 21.1 Å². The number of hydrogen-bond acceptors (Lipinski definition) is 4. The number of piperidine rings is 1. The number of amides is 1.